The highest BCUT2D eigenvalue weighted by atomic mass is 15.0. The van der Waals surface area contributed by atoms with Crippen LogP contribution < -0.4 is 0 Å². The first-order chi connectivity index (χ1) is 23.4. The maximum atomic E-state index is 5.25. The van der Waals surface area contributed by atoms with Crippen LogP contribution in [0, 0.1) is 0 Å². The van der Waals surface area contributed by atoms with Gasteiger partial charge >= 0.3 is 0 Å². The highest BCUT2D eigenvalue weighted by molar-refractivity contribution is 6.22. The summed E-state index contributed by atoms with van der Waals surface area (Å²) in [6.07, 6.45) is 8.19. The van der Waals surface area contributed by atoms with E-state index >= 15 is 0 Å². The molecular formula is C36H30N12. The minimum Gasteiger partial charge on any atom is -0.354 e. The zero-order valence-corrected chi connectivity index (χ0v) is 26.9. The number of aromatic amines is 2. The Balaban J connectivity index is 1.43. The average molecular weight is 631 g/mol. The number of nitrogens with zero attached hydrogens (tertiary/aromatic N) is 10. The van der Waals surface area contributed by atoms with Crippen molar-refractivity contribution in [1.82, 2.24) is 19.9 Å². The first-order valence-corrected chi connectivity index (χ1v) is 15.9. The summed E-state index contributed by atoms with van der Waals surface area (Å²) in [6, 6.07) is 8.30. The standard InChI is InChI=1S/C36H30N12/c1-17-37-13-29(41-17)33-21-5-7-23(45-21)34(30-14-38-18(2)42-30)25-9-11-27(47-25)36(32-16-40-20(4)44-32)28-12-10-26(48-28)35(24-8-6-22(33)46-24)31-15-39-19(3)43-31/h5-12,45,48H,13-16H2,1-4H3. The Hall–Kier alpha value is -6.04. The number of H-pyrrole nitrogens is 2. The third-order valence-electron chi connectivity index (χ3n) is 8.93. The number of hydrogen-bond acceptors (Lipinski definition) is 10. The molecule has 3 aromatic rings. The van der Waals surface area contributed by atoms with Crippen LogP contribution in [0.1, 0.15) is 72.7 Å². The summed E-state index contributed by atoms with van der Waals surface area (Å²) in [5.74, 6) is 2.98. The van der Waals surface area contributed by atoms with Crippen LogP contribution in [0.4, 0.5) is 0 Å². The summed E-state index contributed by atoms with van der Waals surface area (Å²) >= 11 is 0. The van der Waals surface area contributed by atoms with Crippen LogP contribution in [-0.4, -0.2) is 92.3 Å². The molecule has 2 N–H and O–H groups in total. The Morgan fingerprint density at radius 2 is 0.646 bits per heavy atom. The molecule has 12 nitrogen and oxygen atoms in total. The van der Waals surface area contributed by atoms with Gasteiger partial charge in [0.2, 0.25) is 0 Å². The first-order valence-electron chi connectivity index (χ1n) is 15.9. The molecule has 48 heavy (non-hydrogen) atoms. The lowest BCUT2D eigenvalue weighted by Crippen LogP contribution is -2.08. The van der Waals surface area contributed by atoms with Crippen molar-refractivity contribution in [3.8, 4) is 0 Å². The van der Waals surface area contributed by atoms with Crippen molar-refractivity contribution in [2.24, 2.45) is 39.9 Å². The Kier molecular flexibility index (Phi) is 6.32. The van der Waals surface area contributed by atoms with Crippen LogP contribution in [0.2, 0.25) is 0 Å². The molecule has 0 saturated heterocycles. The number of fused-ring (bicyclic) bond motifs is 8. The number of aliphatic imine (C=N–C) groups is 8. The minimum atomic E-state index is 0.476. The van der Waals surface area contributed by atoms with Gasteiger partial charge in [0.15, 0.2) is 0 Å². The molecule has 0 spiro atoms. The largest absolute Gasteiger partial charge is 0.354 e. The van der Waals surface area contributed by atoms with Crippen molar-refractivity contribution in [2.45, 2.75) is 27.7 Å². The third kappa shape index (κ3) is 4.67. The van der Waals surface area contributed by atoms with E-state index in [1.54, 1.807) is 0 Å². The average Bonchev–Trinajstić information content (AvgIpc) is 3.89. The number of nitrogens with one attached hydrogen (secondary N) is 2. The van der Waals surface area contributed by atoms with Gasteiger partial charge in [-0.15, -0.1) is 0 Å². The Labute approximate surface area is 275 Å². The van der Waals surface area contributed by atoms with Gasteiger partial charge in [0.05, 0.1) is 71.8 Å². The Morgan fingerprint density at radius 1 is 0.396 bits per heavy atom. The summed E-state index contributed by atoms with van der Waals surface area (Å²) in [7, 11) is 0. The monoisotopic (exact) mass is 630 g/mol. The quantitative estimate of drug-likeness (QED) is 0.268. The molecule has 0 saturated carbocycles. The summed E-state index contributed by atoms with van der Waals surface area (Å²) in [6.45, 7) is 9.58. The number of hydrogen-bond donors (Lipinski definition) is 2. The highest BCUT2D eigenvalue weighted by Gasteiger charge is 2.25. The molecule has 0 aliphatic carbocycles. The molecule has 6 aliphatic heterocycles. The zero-order chi connectivity index (χ0) is 32.5. The van der Waals surface area contributed by atoms with E-state index in [4.69, 9.17) is 29.9 Å². The maximum absolute atomic E-state index is 5.25. The molecular weight excluding hydrogens is 600 g/mol. The lowest BCUT2D eigenvalue weighted by molar-refractivity contribution is 1.26. The normalized spacial score (nSPS) is 18.1. The summed E-state index contributed by atoms with van der Waals surface area (Å²) in [5, 5.41) is 0. The first kappa shape index (κ1) is 28.2. The highest BCUT2D eigenvalue weighted by Crippen LogP contribution is 2.30. The zero-order valence-electron chi connectivity index (χ0n) is 26.9. The fraction of sp³-hybridized carbons (Fsp3) is 0.222. The van der Waals surface area contributed by atoms with Crippen molar-refractivity contribution in [3.05, 3.63) is 69.3 Å². The number of aromatic nitrogens is 4. The van der Waals surface area contributed by atoms with E-state index in [1.807, 2.05) is 52.0 Å². The lowest BCUT2D eigenvalue weighted by Gasteiger charge is -2.05. The van der Waals surface area contributed by atoms with Crippen molar-refractivity contribution in [1.29, 1.82) is 0 Å². The molecule has 9 heterocycles. The predicted molar refractivity (Wildman–Crippen MR) is 197 cm³/mol. The van der Waals surface area contributed by atoms with Gasteiger partial charge in [0, 0.05) is 44.3 Å². The number of rotatable bonds is 4. The smallest absolute Gasteiger partial charge is 0.120 e. The fourth-order valence-electron chi connectivity index (χ4n) is 6.78. The summed E-state index contributed by atoms with van der Waals surface area (Å²) in [4.78, 5) is 55.6. The molecule has 12 heteroatoms. The maximum Gasteiger partial charge on any atom is 0.120 e. The van der Waals surface area contributed by atoms with E-state index < -0.39 is 0 Å². The van der Waals surface area contributed by atoms with Gasteiger partial charge in [-0.25, -0.2) is 29.9 Å². The van der Waals surface area contributed by atoms with Gasteiger partial charge in [-0.2, -0.15) is 0 Å². The predicted octanol–water partition coefficient (Wildman–Crippen LogP) is 5.54. The van der Waals surface area contributed by atoms with Crippen molar-refractivity contribution in [2.75, 3.05) is 26.2 Å². The molecule has 6 aliphatic rings. The van der Waals surface area contributed by atoms with E-state index in [2.05, 4.69) is 54.2 Å². The molecule has 0 unspecified atom stereocenters. The van der Waals surface area contributed by atoms with E-state index in [-0.39, 0.29) is 0 Å². The van der Waals surface area contributed by atoms with Crippen LogP contribution in [0.15, 0.2) is 64.2 Å². The minimum absolute atomic E-state index is 0.476. The summed E-state index contributed by atoms with van der Waals surface area (Å²) < 4.78 is 0. The van der Waals surface area contributed by atoms with Crippen molar-refractivity contribution >= 4 is 92.6 Å². The van der Waals surface area contributed by atoms with Crippen LogP contribution in [-0.2, 0) is 0 Å². The molecule has 234 valence electrons. The Morgan fingerprint density at radius 3 is 0.854 bits per heavy atom. The van der Waals surface area contributed by atoms with Gasteiger partial charge in [-0.05, 0) is 76.3 Å². The second kappa shape index (κ2) is 10.8. The molecule has 0 atom stereocenters. The number of amidine groups is 4. The molecule has 0 aromatic carbocycles. The topological polar surface area (TPSA) is 156 Å². The molecule has 0 amide bonds. The molecule has 9 rings (SSSR count). The van der Waals surface area contributed by atoms with E-state index in [1.165, 1.54) is 0 Å². The summed E-state index contributed by atoms with van der Waals surface area (Å²) in [5.41, 5.74) is 13.7. The fourth-order valence-corrected chi connectivity index (χ4v) is 6.78. The van der Waals surface area contributed by atoms with Crippen LogP contribution in [0.25, 0.3) is 46.4 Å². The second-order valence-electron chi connectivity index (χ2n) is 12.2. The third-order valence-corrected chi connectivity index (χ3v) is 8.93. The molecule has 8 bridgehead atoms. The van der Waals surface area contributed by atoms with Gasteiger partial charge < -0.3 is 9.97 Å². The van der Waals surface area contributed by atoms with E-state index in [0.29, 0.717) is 26.2 Å². The van der Waals surface area contributed by atoms with Crippen LogP contribution >= 0.6 is 0 Å². The van der Waals surface area contributed by atoms with E-state index in [0.717, 1.165) is 113 Å². The molecule has 0 radical (unpaired) electrons. The van der Waals surface area contributed by atoms with Crippen LogP contribution in [0.3, 0.4) is 0 Å². The van der Waals surface area contributed by atoms with Gasteiger partial charge in [0.1, 0.15) is 23.3 Å². The van der Waals surface area contributed by atoms with Gasteiger partial charge in [-0.1, -0.05) is 0 Å². The van der Waals surface area contributed by atoms with Crippen LogP contribution in [0.5, 0.6) is 0 Å². The SMILES string of the molecule is CC1=NCC(c2c3nc(c(C4=NC(C)=NC4)c4ccc([nH]4)c(C4=NC(C)=NC4)c4nc(c(C5=NC(C)=NC5)c5ccc2[nH]5)C=C4)C=C3)=N1. The van der Waals surface area contributed by atoms with Gasteiger partial charge in [-0.3, -0.25) is 20.0 Å². The Bertz CT molecular complexity index is 2150. The van der Waals surface area contributed by atoms with Gasteiger partial charge in [0.25, 0.3) is 0 Å². The van der Waals surface area contributed by atoms with Crippen molar-refractivity contribution < 1.29 is 0 Å². The lowest BCUT2D eigenvalue weighted by atomic mass is 10.1. The second-order valence-corrected chi connectivity index (χ2v) is 12.2. The molecule has 0 fully saturated rings. The molecule has 3 aromatic heterocycles. The van der Waals surface area contributed by atoms with Crippen molar-refractivity contribution in [3.63, 3.8) is 0 Å². The van der Waals surface area contributed by atoms with E-state index in [9.17, 15) is 0 Å².